The van der Waals surface area contributed by atoms with Gasteiger partial charge < -0.3 is 4.57 Å². The van der Waals surface area contributed by atoms with Crippen LogP contribution < -0.4 is 0 Å². The third-order valence-corrected chi connectivity index (χ3v) is 4.21. The fraction of sp³-hybridized carbons (Fsp3) is 0.235. The fourth-order valence-corrected chi connectivity index (χ4v) is 2.85. The Balaban J connectivity index is 1.65. The molecule has 8 nitrogen and oxygen atoms in total. The van der Waals surface area contributed by atoms with Crippen LogP contribution in [0.3, 0.4) is 0 Å². The molecule has 8 heteroatoms. The van der Waals surface area contributed by atoms with Crippen LogP contribution in [0.1, 0.15) is 24.4 Å². The molecular formula is C17H18N8. The molecule has 0 fully saturated rings. The molecule has 0 aliphatic heterocycles. The summed E-state index contributed by atoms with van der Waals surface area (Å²) in [6, 6.07) is 10.0. The van der Waals surface area contributed by atoms with Crippen LogP contribution in [0.4, 0.5) is 0 Å². The zero-order chi connectivity index (χ0) is 17.2. The van der Waals surface area contributed by atoms with Gasteiger partial charge in [0.15, 0.2) is 5.82 Å². The summed E-state index contributed by atoms with van der Waals surface area (Å²) in [7, 11) is 1.92. The monoisotopic (exact) mass is 334 g/mol. The summed E-state index contributed by atoms with van der Waals surface area (Å²) in [6.07, 6.45) is 7.36. The number of hydrogen-bond acceptors (Lipinski definition) is 5. The molecule has 1 atom stereocenters. The SMILES string of the molecule is CC(c1nncn1C)n1cc(-c2ccccc2Cn2cccn2)nn1. The Bertz CT molecular complexity index is 966. The first-order chi connectivity index (χ1) is 12.2. The van der Waals surface area contributed by atoms with Gasteiger partial charge in [0.05, 0.1) is 12.7 Å². The van der Waals surface area contributed by atoms with E-state index in [4.69, 9.17) is 0 Å². The zero-order valence-electron chi connectivity index (χ0n) is 14.1. The lowest BCUT2D eigenvalue weighted by atomic mass is 10.1. The quantitative estimate of drug-likeness (QED) is 0.557. The van der Waals surface area contributed by atoms with E-state index in [1.807, 2.05) is 58.5 Å². The molecule has 25 heavy (non-hydrogen) atoms. The molecule has 0 spiro atoms. The van der Waals surface area contributed by atoms with E-state index in [1.165, 1.54) is 0 Å². The molecule has 0 saturated heterocycles. The third kappa shape index (κ3) is 2.93. The molecular weight excluding hydrogens is 316 g/mol. The first-order valence-electron chi connectivity index (χ1n) is 8.04. The van der Waals surface area contributed by atoms with E-state index >= 15 is 0 Å². The van der Waals surface area contributed by atoms with E-state index in [9.17, 15) is 0 Å². The van der Waals surface area contributed by atoms with Crippen molar-refractivity contribution in [1.82, 2.24) is 39.5 Å². The molecule has 0 N–H and O–H groups in total. The highest BCUT2D eigenvalue weighted by molar-refractivity contribution is 5.62. The summed E-state index contributed by atoms with van der Waals surface area (Å²) in [5.74, 6) is 0.835. The smallest absolute Gasteiger partial charge is 0.157 e. The molecule has 1 unspecified atom stereocenters. The van der Waals surface area contributed by atoms with Crippen molar-refractivity contribution in [2.45, 2.75) is 19.5 Å². The largest absolute Gasteiger partial charge is 0.319 e. The van der Waals surface area contributed by atoms with Gasteiger partial charge in [-0.3, -0.25) is 4.68 Å². The molecule has 3 aromatic heterocycles. The standard InChI is InChI=1S/C17H18N8/c1-13(17-21-18-12-23(17)2)25-11-16(20-22-25)15-7-4-3-6-14(15)10-24-9-5-8-19-24/h3-9,11-13H,10H2,1-2H3. The van der Waals surface area contributed by atoms with Crippen molar-refractivity contribution in [3.8, 4) is 11.3 Å². The van der Waals surface area contributed by atoms with Gasteiger partial charge in [-0.1, -0.05) is 29.5 Å². The lowest BCUT2D eigenvalue weighted by Gasteiger charge is -2.10. The Morgan fingerprint density at radius 3 is 2.76 bits per heavy atom. The molecule has 126 valence electrons. The maximum absolute atomic E-state index is 4.36. The maximum atomic E-state index is 4.36. The van der Waals surface area contributed by atoms with Crippen LogP contribution in [-0.2, 0) is 13.6 Å². The number of aryl methyl sites for hydroxylation is 1. The Kier molecular flexibility index (Phi) is 3.85. The van der Waals surface area contributed by atoms with Gasteiger partial charge in [0.2, 0.25) is 0 Å². The number of hydrogen-bond donors (Lipinski definition) is 0. The van der Waals surface area contributed by atoms with E-state index in [-0.39, 0.29) is 6.04 Å². The summed E-state index contributed by atoms with van der Waals surface area (Å²) in [5.41, 5.74) is 3.02. The van der Waals surface area contributed by atoms with Crippen molar-refractivity contribution in [3.05, 3.63) is 66.6 Å². The molecule has 4 aromatic rings. The molecule has 0 amide bonds. The molecule has 0 bridgehead atoms. The predicted octanol–water partition coefficient (Wildman–Crippen LogP) is 1.93. The van der Waals surface area contributed by atoms with Crippen LogP contribution in [0.5, 0.6) is 0 Å². The molecule has 0 saturated carbocycles. The third-order valence-electron chi connectivity index (χ3n) is 4.21. The van der Waals surface area contributed by atoms with E-state index in [0.29, 0.717) is 6.54 Å². The highest BCUT2D eigenvalue weighted by atomic mass is 15.4. The molecule has 3 heterocycles. The minimum atomic E-state index is -0.0490. The summed E-state index contributed by atoms with van der Waals surface area (Å²) in [6.45, 7) is 2.72. The van der Waals surface area contributed by atoms with Crippen LogP contribution in [0.25, 0.3) is 11.3 Å². The van der Waals surface area contributed by atoms with Gasteiger partial charge in [-0.2, -0.15) is 5.10 Å². The maximum Gasteiger partial charge on any atom is 0.157 e. The number of aromatic nitrogens is 8. The van der Waals surface area contributed by atoms with E-state index in [1.54, 1.807) is 12.5 Å². The van der Waals surface area contributed by atoms with Crippen molar-refractivity contribution < 1.29 is 0 Å². The van der Waals surface area contributed by atoms with E-state index in [0.717, 1.165) is 22.6 Å². The van der Waals surface area contributed by atoms with E-state index in [2.05, 4.69) is 37.7 Å². The molecule has 0 aliphatic carbocycles. The average molecular weight is 334 g/mol. The summed E-state index contributed by atoms with van der Waals surface area (Å²) in [5, 5.41) is 21.0. The first kappa shape index (κ1) is 15.3. The van der Waals surface area contributed by atoms with Crippen molar-refractivity contribution in [3.63, 3.8) is 0 Å². The minimum Gasteiger partial charge on any atom is -0.319 e. The van der Waals surface area contributed by atoms with Crippen molar-refractivity contribution in [2.75, 3.05) is 0 Å². The van der Waals surface area contributed by atoms with Crippen LogP contribution in [0, 0.1) is 0 Å². The first-order valence-corrected chi connectivity index (χ1v) is 8.04. The topological polar surface area (TPSA) is 79.2 Å². The van der Waals surface area contributed by atoms with Crippen molar-refractivity contribution in [1.29, 1.82) is 0 Å². The van der Waals surface area contributed by atoms with Gasteiger partial charge in [-0.25, -0.2) is 4.68 Å². The lowest BCUT2D eigenvalue weighted by molar-refractivity contribution is 0.503. The molecule has 1 aromatic carbocycles. The number of rotatable bonds is 5. The number of nitrogens with zero attached hydrogens (tertiary/aromatic N) is 8. The summed E-state index contributed by atoms with van der Waals surface area (Å²) >= 11 is 0. The van der Waals surface area contributed by atoms with Gasteiger partial charge in [0, 0.05) is 25.0 Å². The highest BCUT2D eigenvalue weighted by Gasteiger charge is 2.17. The second-order valence-corrected chi connectivity index (χ2v) is 5.92. The van der Waals surface area contributed by atoms with Crippen molar-refractivity contribution in [2.24, 2.45) is 7.05 Å². The number of benzene rings is 1. The second kappa shape index (κ2) is 6.31. The molecule has 0 aliphatic rings. The van der Waals surface area contributed by atoms with Gasteiger partial charge in [-0.05, 0) is 18.6 Å². The molecule has 0 radical (unpaired) electrons. The second-order valence-electron chi connectivity index (χ2n) is 5.92. The lowest BCUT2D eigenvalue weighted by Crippen LogP contribution is -2.12. The normalized spacial score (nSPS) is 12.4. The van der Waals surface area contributed by atoms with Crippen LogP contribution in [-0.4, -0.2) is 39.5 Å². The van der Waals surface area contributed by atoms with Gasteiger partial charge >= 0.3 is 0 Å². The summed E-state index contributed by atoms with van der Waals surface area (Å²) in [4.78, 5) is 0. The van der Waals surface area contributed by atoms with Crippen LogP contribution in [0.15, 0.2) is 55.2 Å². The van der Waals surface area contributed by atoms with Crippen LogP contribution >= 0.6 is 0 Å². The summed E-state index contributed by atoms with van der Waals surface area (Å²) < 4.78 is 5.59. The Labute approximate surface area is 144 Å². The van der Waals surface area contributed by atoms with Crippen molar-refractivity contribution >= 4 is 0 Å². The Hall–Kier alpha value is -3.29. The van der Waals surface area contributed by atoms with Gasteiger partial charge in [-0.15, -0.1) is 15.3 Å². The molecule has 4 rings (SSSR count). The highest BCUT2D eigenvalue weighted by Crippen LogP contribution is 2.24. The minimum absolute atomic E-state index is 0.0490. The fourth-order valence-electron chi connectivity index (χ4n) is 2.85. The van der Waals surface area contributed by atoms with Crippen LogP contribution in [0.2, 0.25) is 0 Å². The van der Waals surface area contributed by atoms with Gasteiger partial charge in [0.1, 0.15) is 18.1 Å². The zero-order valence-corrected chi connectivity index (χ0v) is 14.1. The average Bonchev–Trinajstić information content (AvgIpc) is 3.36. The van der Waals surface area contributed by atoms with E-state index < -0.39 is 0 Å². The predicted molar refractivity (Wildman–Crippen MR) is 91.6 cm³/mol. The Morgan fingerprint density at radius 2 is 2.00 bits per heavy atom. The Morgan fingerprint density at radius 1 is 1.12 bits per heavy atom. The van der Waals surface area contributed by atoms with Gasteiger partial charge in [0.25, 0.3) is 0 Å².